The summed E-state index contributed by atoms with van der Waals surface area (Å²) in [5, 5.41) is 3.22. The van der Waals surface area contributed by atoms with Gasteiger partial charge in [-0.2, -0.15) is 0 Å². The van der Waals surface area contributed by atoms with Gasteiger partial charge in [-0.3, -0.25) is 9.59 Å². The van der Waals surface area contributed by atoms with Gasteiger partial charge in [0.05, 0.1) is 22.0 Å². The van der Waals surface area contributed by atoms with Crippen molar-refractivity contribution >= 4 is 34.8 Å². The van der Waals surface area contributed by atoms with Crippen molar-refractivity contribution in [2.24, 2.45) is 0 Å². The maximum Gasteiger partial charge on any atom is 0.258 e. The van der Waals surface area contributed by atoms with E-state index >= 15 is 0 Å². The summed E-state index contributed by atoms with van der Waals surface area (Å²) in [7, 11) is 0. The Balaban J connectivity index is 1.38. The Kier molecular flexibility index (Phi) is 5.25. The van der Waals surface area contributed by atoms with E-state index in [0.717, 1.165) is 17.8 Å². The van der Waals surface area contributed by atoms with Crippen molar-refractivity contribution in [3.63, 3.8) is 0 Å². The van der Waals surface area contributed by atoms with Gasteiger partial charge < -0.3 is 14.8 Å². The molecule has 1 N–H and O–H groups in total. The van der Waals surface area contributed by atoms with Crippen molar-refractivity contribution in [3.8, 4) is 5.69 Å². The minimum absolute atomic E-state index is 0.0767. The fourth-order valence-corrected chi connectivity index (χ4v) is 4.23. The van der Waals surface area contributed by atoms with Crippen molar-refractivity contribution in [2.45, 2.75) is 6.42 Å². The van der Waals surface area contributed by atoms with Crippen LogP contribution < -0.4 is 10.2 Å². The molecule has 32 heavy (non-hydrogen) atoms. The summed E-state index contributed by atoms with van der Waals surface area (Å²) in [4.78, 5) is 27.7. The fourth-order valence-electron chi connectivity index (χ4n) is 4.00. The highest BCUT2D eigenvalue weighted by atomic mass is 35.5. The van der Waals surface area contributed by atoms with E-state index in [1.165, 1.54) is 5.69 Å². The zero-order chi connectivity index (χ0) is 22.1. The summed E-state index contributed by atoms with van der Waals surface area (Å²) in [6.45, 7) is 0.588. The lowest BCUT2D eigenvalue weighted by atomic mass is 10.1. The van der Waals surface area contributed by atoms with Crippen LogP contribution in [0.3, 0.4) is 0 Å². The van der Waals surface area contributed by atoms with Crippen molar-refractivity contribution in [3.05, 3.63) is 113 Å². The van der Waals surface area contributed by atoms with Crippen LogP contribution in [0.2, 0.25) is 5.02 Å². The maximum atomic E-state index is 13.4. The Morgan fingerprint density at radius 2 is 1.53 bits per heavy atom. The number of carbonyl (C=O) groups excluding carboxylic acids is 2. The zero-order valence-electron chi connectivity index (χ0n) is 17.2. The van der Waals surface area contributed by atoms with E-state index in [1.54, 1.807) is 48.5 Å². The highest BCUT2D eigenvalue weighted by Crippen LogP contribution is 2.30. The number of halogens is 1. The SMILES string of the molecule is O=C(Nc1ccc(C(=O)N2CCc3cccn3-c3ccccc32)cc1)c1ccccc1Cl. The van der Waals surface area contributed by atoms with Gasteiger partial charge in [0.15, 0.2) is 0 Å². The molecule has 0 fully saturated rings. The molecule has 0 unspecified atom stereocenters. The molecule has 158 valence electrons. The largest absolute Gasteiger partial charge is 0.322 e. The molecule has 0 aliphatic carbocycles. The number of amides is 2. The number of carbonyl (C=O) groups is 2. The van der Waals surface area contributed by atoms with Crippen LogP contribution in [0.25, 0.3) is 5.69 Å². The Hall–Kier alpha value is -3.83. The van der Waals surface area contributed by atoms with Crippen molar-refractivity contribution in [2.75, 3.05) is 16.8 Å². The predicted molar refractivity (Wildman–Crippen MR) is 127 cm³/mol. The highest BCUT2D eigenvalue weighted by Gasteiger charge is 2.24. The Morgan fingerprint density at radius 1 is 0.812 bits per heavy atom. The van der Waals surface area contributed by atoms with Gasteiger partial charge in [-0.1, -0.05) is 35.9 Å². The van der Waals surface area contributed by atoms with E-state index in [0.29, 0.717) is 28.4 Å². The summed E-state index contributed by atoms with van der Waals surface area (Å²) in [5.41, 5.74) is 4.59. The number of para-hydroxylation sites is 2. The van der Waals surface area contributed by atoms with Gasteiger partial charge in [0.25, 0.3) is 11.8 Å². The van der Waals surface area contributed by atoms with Crippen molar-refractivity contribution in [1.29, 1.82) is 0 Å². The molecule has 0 atom stereocenters. The lowest BCUT2D eigenvalue weighted by Crippen LogP contribution is -2.32. The second-order valence-corrected chi connectivity index (χ2v) is 7.98. The summed E-state index contributed by atoms with van der Waals surface area (Å²) >= 11 is 6.11. The van der Waals surface area contributed by atoms with Crippen LogP contribution in [0.1, 0.15) is 26.4 Å². The van der Waals surface area contributed by atoms with Crippen molar-refractivity contribution < 1.29 is 9.59 Å². The Bertz CT molecular complexity index is 1310. The molecule has 1 aliphatic rings. The van der Waals surface area contributed by atoms with E-state index in [4.69, 9.17) is 11.6 Å². The number of anilines is 2. The lowest BCUT2D eigenvalue weighted by Gasteiger charge is -2.23. The first-order valence-corrected chi connectivity index (χ1v) is 10.7. The van der Waals surface area contributed by atoms with Crippen LogP contribution in [-0.4, -0.2) is 22.9 Å². The van der Waals surface area contributed by atoms with Crippen LogP contribution in [0, 0.1) is 0 Å². The average Bonchev–Trinajstić information content (AvgIpc) is 3.22. The summed E-state index contributed by atoms with van der Waals surface area (Å²) in [6.07, 6.45) is 2.79. The van der Waals surface area contributed by atoms with Gasteiger partial charge in [-0.25, -0.2) is 0 Å². The van der Waals surface area contributed by atoms with Gasteiger partial charge in [0.1, 0.15) is 0 Å². The Labute approximate surface area is 190 Å². The summed E-state index contributed by atoms with van der Waals surface area (Å²) in [6, 6.07) is 25.8. The van der Waals surface area contributed by atoms with E-state index in [9.17, 15) is 9.59 Å². The highest BCUT2D eigenvalue weighted by molar-refractivity contribution is 6.34. The molecule has 0 radical (unpaired) electrons. The standard InChI is InChI=1S/C26H20ClN3O2/c27-22-8-2-1-7-21(22)25(31)28-19-13-11-18(12-14-19)26(32)30-17-15-20-6-5-16-29(20)23-9-3-4-10-24(23)30/h1-14,16H,15,17H2,(H,28,31). The van der Waals surface area contributed by atoms with Gasteiger partial charge >= 0.3 is 0 Å². The van der Waals surface area contributed by atoms with E-state index in [1.807, 2.05) is 41.4 Å². The first-order valence-electron chi connectivity index (χ1n) is 10.4. The summed E-state index contributed by atoms with van der Waals surface area (Å²) < 4.78 is 2.13. The fraction of sp³-hybridized carbons (Fsp3) is 0.0769. The van der Waals surface area contributed by atoms with Crippen molar-refractivity contribution in [1.82, 2.24) is 4.57 Å². The van der Waals surface area contributed by atoms with Gasteiger partial charge in [-0.15, -0.1) is 0 Å². The molecule has 5 rings (SSSR count). The number of hydrogen-bond donors (Lipinski definition) is 1. The average molecular weight is 442 g/mol. The molecule has 0 saturated heterocycles. The third kappa shape index (κ3) is 3.67. The second-order valence-electron chi connectivity index (χ2n) is 7.58. The van der Waals surface area contributed by atoms with Gasteiger partial charge in [-0.05, 0) is 60.7 Å². The molecule has 0 spiro atoms. The monoisotopic (exact) mass is 441 g/mol. The van der Waals surface area contributed by atoms with Crippen LogP contribution in [0.4, 0.5) is 11.4 Å². The third-order valence-corrected chi connectivity index (χ3v) is 5.94. The molecule has 4 aromatic rings. The Morgan fingerprint density at radius 3 is 2.31 bits per heavy atom. The second kappa shape index (κ2) is 8.36. The summed E-state index contributed by atoms with van der Waals surface area (Å²) in [5.74, 6) is -0.370. The maximum absolute atomic E-state index is 13.4. The van der Waals surface area contributed by atoms with Crippen LogP contribution in [-0.2, 0) is 6.42 Å². The van der Waals surface area contributed by atoms with E-state index in [-0.39, 0.29) is 11.8 Å². The van der Waals surface area contributed by atoms with Crippen LogP contribution >= 0.6 is 11.6 Å². The van der Waals surface area contributed by atoms with Gasteiger partial charge in [0.2, 0.25) is 0 Å². The topological polar surface area (TPSA) is 54.3 Å². The van der Waals surface area contributed by atoms with E-state index < -0.39 is 0 Å². The lowest BCUT2D eigenvalue weighted by molar-refractivity contribution is 0.0986. The minimum Gasteiger partial charge on any atom is -0.322 e. The number of nitrogens with one attached hydrogen (secondary N) is 1. The van der Waals surface area contributed by atoms with Crippen LogP contribution in [0.5, 0.6) is 0 Å². The number of nitrogens with zero attached hydrogens (tertiary/aromatic N) is 2. The molecule has 1 aromatic heterocycles. The molecule has 2 amide bonds. The van der Waals surface area contributed by atoms with E-state index in [2.05, 4.69) is 16.0 Å². The third-order valence-electron chi connectivity index (χ3n) is 5.61. The molecular formula is C26H20ClN3O2. The predicted octanol–water partition coefficient (Wildman–Crippen LogP) is 5.59. The first-order chi connectivity index (χ1) is 15.6. The number of aromatic nitrogens is 1. The van der Waals surface area contributed by atoms with Gasteiger partial charge in [0, 0.05) is 36.1 Å². The van der Waals surface area contributed by atoms with Crippen LogP contribution in [0.15, 0.2) is 91.1 Å². The molecule has 3 aromatic carbocycles. The number of fused-ring (bicyclic) bond motifs is 3. The smallest absolute Gasteiger partial charge is 0.258 e. The quantitative estimate of drug-likeness (QED) is 0.451. The first kappa shape index (κ1) is 20.1. The number of rotatable bonds is 3. The molecule has 2 heterocycles. The molecule has 5 nitrogen and oxygen atoms in total. The molecule has 0 bridgehead atoms. The molecular weight excluding hydrogens is 422 g/mol. The number of hydrogen-bond acceptors (Lipinski definition) is 2. The normalized spacial score (nSPS) is 12.5. The molecule has 0 saturated carbocycles. The minimum atomic E-state index is -0.293. The molecule has 6 heteroatoms. The zero-order valence-corrected chi connectivity index (χ0v) is 17.9. The molecule has 1 aliphatic heterocycles. The number of benzene rings is 3.